The van der Waals surface area contributed by atoms with Crippen molar-refractivity contribution in [2.75, 3.05) is 13.9 Å². The first-order chi connectivity index (χ1) is 13.7. The van der Waals surface area contributed by atoms with E-state index < -0.39 is 64.3 Å². The fourth-order valence-corrected chi connectivity index (χ4v) is 3.04. The molecule has 1 atom stereocenters. The zero-order chi connectivity index (χ0) is 22.9. The van der Waals surface area contributed by atoms with Crippen molar-refractivity contribution in [2.24, 2.45) is 11.3 Å². The number of halogens is 5. The van der Waals surface area contributed by atoms with Crippen LogP contribution in [0.4, 0.5) is 22.0 Å². The minimum absolute atomic E-state index is 0.0394. The van der Waals surface area contributed by atoms with Gasteiger partial charge >= 0.3 is 12.1 Å². The highest BCUT2D eigenvalue weighted by Crippen LogP contribution is 2.43. The summed E-state index contributed by atoms with van der Waals surface area (Å²) in [6.45, 7) is 2.13. The first-order valence-electron chi connectivity index (χ1n) is 8.87. The molecule has 1 unspecified atom stereocenters. The van der Waals surface area contributed by atoms with Crippen LogP contribution in [0, 0.1) is 11.3 Å². The third-order valence-electron chi connectivity index (χ3n) is 4.87. The lowest BCUT2D eigenvalue weighted by atomic mass is 9.68. The Kier molecular flexibility index (Phi) is 6.77. The van der Waals surface area contributed by atoms with E-state index in [1.807, 2.05) is 0 Å². The molecule has 0 bridgehead atoms. The summed E-state index contributed by atoms with van der Waals surface area (Å²) >= 11 is 0. The summed E-state index contributed by atoms with van der Waals surface area (Å²) in [6, 6.07) is 1.06. The van der Waals surface area contributed by atoms with Gasteiger partial charge in [0, 0.05) is 24.5 Å². The van der Waals surface area contributed by atoms with E-state index in [1.165, 1.54) is 7.11 Å². The van der Waals surface area contributed by atoms with Crippen molar-refractivity contribution in [1.82, 2.24) is 4.98 Å². The van der Waals surface area contributed by atoms with E-state index in [9.17, 15) is 36.3 Å². The highest BCUT2D eigenvalue weighted by atomic mass is 19.4. The molecule has 0 aliphatic heterocycles. The number of hydrogen-bond donors (Lipinski definition) is 0. The molecule has 1 saturated carbocycles. The highest BCUT2D eigenvalue weighted by Gasteiger charge is 2.60. The number of aromatic nitrogens is 1. The predicted octanol–water partition coefficient (Wildman–Crippen LogP) is 3.61. The smallest absolute Gasteiger partial charge is 0.359 e. The summed E-state index contributed by atoms with van der Waals surface area (Å²) in [5.41, 5.74) is -3.58. The van der Waals surface area contributed by atoms with Crippen molar-refractivity contribution in [3.8, 4) is 0 Å². The lowest BCUT2D eigenvalue weighted by Crippen LogP contribution is -2.45. The quantitative estimate of drug-likeness (QED) is 0.213. The Morgan fingerprint density at radius 3 is 2.40 bits per heavy atom. The molecule has 1 aliphatic rings. The molecular weight excluding hydrogens is 417 g/mol. The maximum atomic E-state index is 13.7. The first-order valence-corrected chi connectivity index (χ1v) is 8.87. The van der Waals surface area contributed by atoms with E-state index in [1.54, 1.807) is 13.8 Å². The van der Waals surface area contributed by atoms with Gasteiger partial charge in [0.1, 0.15) is 18.4 Å². The normalized spacial score (nSPS) is 19.8. The predicted molar refractivity (Wildman–Crippen MR) is 91.7 cm³/mol. The zero-order valence-electron chi connectivity index (χ0n) is 16.4. The van der Waals surface area contributed by atoms with Crippen molar-refractivity contribution in [3.05, 3.63) is 29.1 Å². The molecule has 0 N–H and O–H groups in total. The number of hydrogen-bond acceptors (Lipinski definition) is 6. The number of Topliss-reactive ketones (excluding diaryl/α,β-unsaturated/α-hetero) is 3. The van der Waals surface area contributed by atoms with Crippen LogP contribution < -0.4 is 0 Å². The van der Waals surface area contributed by atoms with Crippen LogP contribution in [-0.2, 0) is 31.6 Å². The summed E-state index contributed by atoms with van der Waals surface area (Å²) in [7, 11) is 1.25. The molecule has 0 aromatic carbocycles. The molecule has 1 aromatic rings. The molecule has 11 heteroatoms. The van der Waals surface area contributed by atoms with Crippen LogP contribution in [0.2, 0.25) is 0 Å². The summed E-state index contributed by atoms with van der Waals surface area (Å²) in [5, 5.41) is 0. The van der Waals surface area contributed by atoms with Gasteiger partial charge in [-0.05, 0) is 18.6 Å². The summed E-state index contributed by atoms with van der Waals surface area (Å²) in [6.07, 6.45) is -5.70. The number of ether oxygens (including phenoxy) is 2. The van der Waals surface area contributed by atoms with E-state index in [0.717, 1.165) is 0 Å². The van der Waals surface area contributed by atoms with E-state index >= 15 is 0 Å². The van der Waals surface area contributed by atoms with E-state index in [0.29, 0.717) is 12.1 Å². The topological polar surface area (TPSA) is 82.6 Å². The number of carbonyl (C=O) groups excluding carboxylic acids is 3. The second-order valence-corrected chi connectivity index (χ2v) is 7.53. The summed E-state index contributed by atoms with van der Waals surface area (Å²) in [4.78, 5) is 41.1. The van der Waals surface area contributed by atoms with Crippen molar-refractivity contribution in [1.29, 1.82) is 0 Å². The van der Waals surface area contributed by atoms with Crippen LogP contribution in [0.15, 0.2) is 12.1 Å². The molecular formula is C19H20F5NO5. The maximum Gasteiger partial charge on any atom is 0.459 e. The Balaban J connectivity index is 2.51. The number of methoxy groups -OCH3 is 1. The Hall–Kier alpha value is -2.27. The van der Waals surface area contributed by atoms with Crippen molar-refractivity contribution >= 4 is 17.3 Å². The number of alkyl halides is 5. The molecule has 2 rings (SSSR count). The number of pyridine rings is 1. The standard InChI is InChI=1S/C19H20F5NO5/c1-17(2)7-6-12(26)14(16(17)28)15(27)10-4-5-13(18(20,21)19(22,23)24)25-11(10)8-30-9-29-3/h4-5,14H,6-9H2,1-3H3. The van der Waals surface area contributed by atoms with Gasteiger partial charge in [0.2, 0.25) is 0 Å². The van der Waals surface area contributed by atoms with Crippen LogP contribution in [0.3, 0.4) is 0 Å². The minimum Gasteiger partial charge on any atom is -0.359 e. The molecule has 0 spiro atoms. The molecule has 0 radical (unpaired) electrons. The Labute approximate surface area is 168 Å². The zero-order valence-corrected chi connectivity index (χ0v) is 16.4. The Morgan fingerprint density at radius 1 is 1.20 bits per heavy atom. The number of carbonyl (C=O) groups is 3. The second-order valence-electron chi connectivity index (χ2n) is 7.53. The lowest BCUT2D eigenvalue weighted by molar-refractivity contribution is -0.291. The first kappa shape index (κ1) is 24.0. The molecule has 6 nitrogen and oxygen atoms in total. The van der Waals surface area contributed by atoms with Gasteiger partial charge < -0.3 is 9.47 Å². The van der Waals surface area contributed by atoms with Gasteiger partial charge in [-0.3, -0.25) is 14.4 Å². The van der Waals surface area contributed by atoms with Gasteiger partial charge in [-0.25, -0.2) is 4.98 Å². The van der Waals surface area contributed by atoms with Crippen molar-refractivity contribution in [3.63, 3.8) is 0 Å². The maximum absolute atomic E-state index is 13.7. The van der Waals surface area contributed by atoms with E-state index in [-0.39, 0.29) is 19.6 Å². The fraction of sp³-hybridized carbons (Fsp3) is 0.579. The number of nitrogens with zero attached hydrogens (tertiary/aromatic N) is 1. The van der Waals surface area contributed by atoms with Gasteiger partial charge in [0.05, 0.1) is 12.3 Å². The van der Waals surface area contributed by atoms with Crippen molar-refractivity contribution < 1.29 is 45.8 Å². The Bertz CT molecular complexity index is 850. The molecule has 1 heterocycles. The third-order valence-corrected chi connectivity index (χ3v) is 4.87. The minimum atomic E-state index is -5.91. The van der Waals surface area contributed by atoms with Gasteiger partial charge in [0.15, 0.2) is 17.3 Å². The molecule has 0 amide bonds. The van der Waals surface area contributed by atoms with Crippen LogP contribution in [0.5, 0.6) is 0 Å². The Morgan fingerprint density at radius 2 is 1.83 bits per heavy atom. The van der Waals surface area contributed by atoms with Gasteiger partial charge in [-0.1, -0.05) is 13.8 Å². The summed E-state index contributed by atoms with van der Waals surface area (Å²) < 4.78 is 75.1. The van der Waals surface area contributed by atoms with Gasteiger partial charge in [-0.15, -0.1) is 0 Å². The van der Waals surface area contributed by atoms with Crippen molar-refractivity contribution in [2.45, 2.75) is 45.4 Å². The van der Waals surface area contributed by atoms with E-state index in [4.69, 9.17) is 4.74 Å². The molecule has 166 valence electrons. The van der Waals surface area contributed by atoms with Crippen LogP contribution in [-0.4, -0.2) is 42.4 Å². The fourth-order valence-electron chi connectivity index (χ4n) is 3.04. The molecule has 1 fully saturated rings. The lowest BCUT2D eigenvalue weighted by Gasteiger charge is -2.32. The monoisotopic (exact) mass is 437 g/mol. The SMILES string of the molecule is COCOCc1nc(C(F)(F)C(F)(F)F)ccc1C(=O)C1C(=O)CCC(C)(C)C1=O. The second kappa shape index (κ2) is 8.46. The number of rotatable bonds is 7. The molecule has 1 aliphatic carbocycles. The number of ketones is 3. The average molecular weight is 437 g/mol. The van der Waals surface area contributed by atoms with Gasteiger partial charge in [0.25, 0.3) is 0 Å². The van der Waals surface area contributed by atoms with Crippen LogP contribution in [0.1, 0.15) is 48.4 Å². The summed E-state index contributed by atoms with van der Waals surface area (Å²) in [5.74, 6) is -9.24. The van der Waals surface area contributed by atoms with Crippen LogP contribution in [0.25, 0.3) is 0 Å². The average Bonchev–Trinajstić information content (AvgIpc) is 2.64. The molecule has 1 aromatic heterocycles. The highest BCUT2D eigenvalue weighted by molar-refractivity contribution is 6.26. The van der Waals surface area contributed by atoms with Gasteiger partial charge in [-0.2, -0.15) is 22.0 Å². The molecule has 0 saturated heterocycles. The van der Waals surface area contributed by atoms with E-state index in [2.05, 4.69) is 9.72 Å². The third kappa shape index (κ3) is 4.56. The largest absolute Gasteiger partial charge is 0.459 e. The van der Waals surface area contributed by atoms with Crippen LogP contribution >= 0.6 is 0 Å². The molecule has 30 heavy (non-hydrogen) atoms.